The van der Waals surface area contributed by atoms with Gasteiger partial charge in [-0.15, -0.1) is 0 Å². The van der Waals surface area contributed by atoms with Crippen LogP contribution in [0.15, 0.2) is 29.5 Å². The van der Waals surface area contributed by atoms with E-state index in [1.165, 1.54) is 0 Å². The third kappa shape index (κ3) is 4.35. The lowest BCUT2D eigenvalue weighted by atomic mass is 9.96. The highest BCUT2D eigenvalue weighted by atomic mass is 35.5. The number of ether oxygens (including phenoxy) is 2. The summed E-state index contributed by atoms with van der Waals surface area (Å²) >= 11 is 17.2. The minimum atomic E-state index is -0.464. The SMILES string of the molecule is COCCOC(=O)C1=C(C)NC(=S)N[C@H]1c1ccc(Cl)c(Cl)c1. The van der Waals surface area contributed by atoms with Gasteiger partial charge in [-0.3, -0.25) is 0 Å². The molecule has 0 spiro atoms. The molecule has 2 rings (SSSR count). The van der Waals surface area contributed by atoms with Crippen LogP contribution in [0.1, 0.15) is 18.5 Å². The van der Waals surface area contributed by atoms with Crippen LogP contribution in [0.3, 0.4) is 0 Å². The van der Waals surface area contributed by atoms with Gasteiger partial charge in [0, 0.05) is 12.8 Å². The number of hydrogen-bond acceptors (Lipinski definition) is 4. The van der Waals surface area contributed by atoms with E-state index in [-0.39, 0.29) is 6.61 Å². The molecule has 2 N–H and O–H groups in total. The number of rotatable bonds is 5. The van der Waals surface area contributed by atoms with E-state index < -0.39 is 12.0 Å². The fraction of sp³-hybridized carbons (Fsp3) is 0.333. The van der Waals surface area contributed by atoms with Crippen LogP contribution in [0.25, 0.3) is 0 Å². The number of carbonyl (C=O) groups is 1. The molecule has 0 fully saturated rings. The summed E-state index contributed by atoms with van der Waals surface area (Å²) in [6.45, 7) is 2.27. The molecule has 8 heteroatoms. The highest BCUT2D eigenvalue weighted by Crippen LogP contribution is 2.31. The molecule has 1 aromatic rings. The molecule has 0 aliphatic carbocycles. The van der Waals surface area contributed by atoms with Crippen LogP contribution < -0.4 is 10.6 Å². The second-order valence-corrected chi connectivity index (χ2v) is 6.10. The van der Waals surface area contributed by atoms with Crippen molar-refractivity contribution in [3.8, 4) is 0 Å². The third-order valence-corrected chi connectivity index (χ3v) is 4.25. The summed E-state index contributed by atoms with van der Waals surface area (Å²) in [6, 6.07) is 4.70. The lowest BCUT2D eigenvalue weighted by Crippen LogP contribution is -2.45. The van der Waals surface area contributed by atoms with Crippen LogP contribution in [0, 0.1) is 0 Å². The fourth-order valence-electron chi connectivity index (χ4n) is 2.20. The summed E-state index contributed by atoms with van der Waals surface area (Å²) in [7, 11) is 1.54. The first-order valence-corrected chi connectivity index (χ1v) is 7.99. The normalized spacial score (nSPS) is 17.6. The molecule has 0 bridgehead atoms. The van der Waals surface area contributed by atoms with E-state index in [4.69, 9.17) is 44.9 Å². The van der Waals surface area contributed by atoms with Gasteiger partial charge in [0.05, 0.1) is 28.3 Å². The van der Waals surface area contributed by atoms with E-state index in [1.807, 2.05) is 0 Å². The first-order chi connectivity index (χ1) is 10.9. The molecule has 1 aliphatic rings. The summed E-state index contributed by atoms with van der Waals surface area (Å²) in [5, 5.41) is 7.26. The number of methoxy groups -OCH3 is 1. The first-order valence-electron chi connectivity index (χ1n) is 6.83. The van der Waals surface area contributed by atoms with Gasteiger partial charge in [-0.1, -0.05) is 29.3 Å². The van der Waals surface area contributed by atoms with Gasteiger partial charge in [0.2, 0.25) is 0 Å². The number of nitrogens with one attached hydrogen (secondary N) is 2. The van der Waals surface area contributed by atoms with Gasteiger partial charge in [-0.25, -0.2) is 4.79 Å². The smallest absolute Gasteiger partial charge is 0.338 e. The van der Waals surface area contributed by atoms with Crippen LogP contribution in [0.4, 0.5) is 0 Å². The lowest BCUT2D eigenvalue weighted by molar-refractivity contribution is -0.140. The average Bonchev–Trinajstić information content (AvgIpc) is 2.49. The van der Waals surface area contributed by atoms with Crippen molar-refractivity contribution in [1.29, 1.82) is 0 Å². The molecule has 0 radical (unpaired) electrons. The van der Waals surface area contributed by atoms with Gasteiger partial charge in [0.1, 0.15) is 6.61 Å². The number of allylic oxidation sites excluding steroid dienone is 1. The molecule has 5 nitrogen and oxygen atoms in total. The monoisotopic (exact) mass is 374 g/mol. The molecule has 0 saturated carbocycles. The highest BCUT2D eigenvalue weighted by Gasteiger charge is 2.31. The molecule has 0 unspecified atom stereocenters. The van der Waals surface area contributed by atoms with Crippen LogP contribution >= 0.6 is 35.4 Å². The van der Waals surface area contributed by atoms with E-state index >= 15 is 0 Å². The topological polar surface area (TPSA) is 59.6 Å². The largest absolute Gasteiger partial charge is 0.460 e. The molecule has 1 aromatic carbocycles. The maximum atomic E-state index is 12.4. The predicted octanol–water partition coefficient (Wildman–Crippen LogP) is 2.98. The Morgan fingerprint density at radius 1 is 1.30 bits per heavy atom. The summed E-state index contributed by atoms with van der Waals surface area (Å²) in [4.78, 5) is 12.4. The van der Waals surface area contributed by atoms with Gasteiger partial charge >= 0.3 is 5.97 Å². The fourth-order valence-corrected chi connectivity index (χ4v) is 2.78. The quantitative estimate of drug-likeness (QED) is 0.469. The Hall–Kier alpha value is -1.34. The van der Waals surface area contributed by atoms with Crippen LogP contribution in [-0.2, 0) is 14.3 Å². The standard InChI is InChI=1S/C15H16Cl2N2O3S/c1-8-12(14(20)22-6-5-21-2)13(19-15(23)18-8)9-3-4-10(16)11(17)7-9/h3-4,7,13H,5-6H2,1-2H3,(H2,18,19,23)/t13-/m0/s1. The number of carbonyl (C=O) groups excluding carboxylic acids is 1. The molecule has 124 valence electrons. The summed E-state index contributed by atoms with van der Waals surface area (Å²) in [6.07, 6.45) is 0. The first kappa shape index (κ1) is 18.0. The zero-order chi connectivity index (χ0) is 17.0. The van der Waals surface area contributed by atoms with Crippen molar-refractivity contribution in [2.45, 2.75) is 13.0 Å². The van der Waals surface area contributed by atoms with Gasteiger partial charge in [0.15, 0.2) is 5.11 Å². The molecular weight excluding hydrogens is 359 g/mol. The van der Waals surface area contributed by atoms with Crippen molar-refractivity contribution in [3.05, 3.63) is 45.1 Å². The van der Waals surface area contributed by atoms with Gasteiger partial charge in [0.25, 0.3) is 0 Å². The van der Waals surface area contributed by atoms with Gasteiger partial charge in [-0.2, -0.15) is 0 Å². The molecule has 0 saturated heterocycles. The summed E-state index contributed by atoms with van der Waals surface area (Å²) < 4.78 is 10.1. The number of benzene rings is 1. The molecule has 23 heavy (non-hydrogen) atoms. The van der Waals surface area contributed by atoms with Gasteiger partial charge < -0.3 is 20.1 Å². The Kier molecular flexibility index (Phi) is 6.24. The van der Waals surface area contributed by atoms with Gasteiger partial charge in [-0.05, 0) is 36.8 Å². The Morgan fingerprint density at radius 3 is 2.70 bits per heavy atom. The van der Waals surface area contributed by atoms with E-state index in [0.29, 0.717) is 33.0 Å². The lowest BCUT2D eigenvalue weighted by Gasteiger charge is -2.30. The molecule has 0 amide bonds. The van der Waals surface area contributed by atoms with Crippen molar-refractivity contribution in [3.63, 3.8) is 0 Å². The number of hydrogen-bond donors (Lipinski definition) is 2. The van der Waals surface area contributed by atoms with E-state index in [1.54, 1.807) is 32.2 Å². The zero-order valence-electron chi connectivity index (χ0n) is 12.6. The zero-order valence-corrected chi connectivity index (χ0v) is 14.9. The van der Waals surface area contributed by atoms with E-state index in [9.17, 15) is 4.79 Å². The molecule has 1 heterocycles. The van der Waals surface area contributed by atoms with Crippen molar-refractivity contribution in [2.75, 3.05) is 20.3 Å². The van der Waals surface area contributed by atoms with Crippen molar-refractivity contribution >= 4 is 46.5 Å². The second-order valence-electron chi connectivity index (χ2n) is 4.87. The Balaban J connectivity index is 2.33. The predicted molar refractivity (Wildman–Crippen MR) is 93.6 cm³/mol. The summed E-state index contributed by atoms with van der Waals surface area (Å²) in [5.74, 6) is -0.446. The summed E-state index contributed by atoms with van der Waals surface area (Å²) in [5.41, 5.74) is 1.83. The Bertz CT molecular complexity index is 664. The number of esters is 1. The third-order valence-electron chi connectivity index (χ3n) is 3.29. The van der Waals surface area contributed by atoms with Crippen molar-refractivity contribution < 1.29 is 14.3 Å². The molecule has 1 atom stereocenters. The van der Waals surface area contributed by atoms with Crippen molar-refractivity contribution in [1.82, 2.24) is 10.6 Å². The minimum absolute atomic E-state index is 0.171. The Labute approximate surface area is 149 Å². The molecular formula is C15H16Cl2N2O3S. The van der Waals surface area contributed by atoms with Crippen LogP contribution in [-0.4, -0.2) is 31.4 Å². The Morgan fingerprint density at radius 2 is 2.04 bits per heavy atom. The van der Waals surface area contributed by atoms with E-state index in [0.717, 1.165) is 5.56 Å². The molecule has 0 aromatic heterocycles. The van der Waals surface area contributed by atoms with Crippen LogP contribution in [0.5, 0.6) is 0 Å². The second kappa shape index (κ2) is 7.97. The maximum Gasteiger partial charge on any atom is 0.338 e. The molecule has 1 aliphatic heterocycles. The average molecular weight is 375 g/mol. The number of halogens is 2. The highest BCUT2D eigenvalue weighted by molar-refractivity contribution is 7.80. The maximum absolute atomic E-state index is 12.4. The number of thiocarbonyl (C=S) groups is 1. The van der Waals surface area contributed by atoms with E-state index in [2.05, 4.69) is 10.6 Å². The van der Waals surface area contributed by atoms with Crippen molar-refractivity contribution in [2.24, 2.45) is 0 Å². The minimum Gasteiger partial charge on any atom is -0.460 e. The van der Waals surface area contributed by atoms with Crippen LogP contribution in [0.2, 0.25) is 10.0 Å².